The average molecular weight is 277 g/mol. The molecule has 1 aromatic carbocycles. The Bertz CT molecular complexity index is 535. The molecule has 7 nitrogen and oxygen atoms in total. The number of nitrogens with one attached hydrogen (secondary N) is 2. The molecule has 2 amide bonds. The van der Waals surface area contributed by atoms with Crippen LogP contribution in [0.25, 0.3) is 0 Å². The molecular weight excluding hydrogens is 262 g/mol. The number of nitrogens with zero attached hydrogens (tertiary/aromatic N) is 1. The molecule has 0 bridgehead atoms. The van der Waals surface area contributed by atoms with Crippen LogP contribution in [-0.4, -0.2) is 37.0 Å². The summed E-state index contributed by atoms with van der Waals surface area (Å²) in [5.74, 6) is -2.47. The highest BCUT2D eigenvalue weighted by molar-refractivity contribution is 5.98. The van der Waals surface area contributed by atoms with Crippen molar-refractivity contribution in [3.05, 3.63) is 42.0 Å². The standard InChI is InChI=1S/C13H15N3O4/c1-16(2)10-5-3-9(4-6-10)13(20)15-14-11(17)7-8-12(18)19/h3-8H,1-2H3,(H,14,17)(H,15,20)(H,18,19). The zero-order chi connectivity index (χ0) is 15.1. The molecule has 0 atom stereocenters. The maximum absolute atomic E-state index is 11.7. The van der Waals surface area contributed by atoms with Gasteiger partial charge in [0.2, 0.25) is 0 Å². The monoisotopic (exact) mass is 277 g/mol. The Morgan fingerprint density at radius 2 is 1.65 bits per heavy atom. The third kappa shape index (κ3) is 4.81. The second-order valence-electron chi connectivity index (χ2n) is 4.06. The molecule has 0 aliphatic rings. The van der Waals surface area contributed by atoms with E-state index in [4.69, 9.17) is 5.11 Å². The first-order chi connectivity index (χ1) is 9.40. The number of carboxylic acid groups (broad SMARTS) is 1. The molecule has 3 N–H and O–H groups in total. The maximum Gasteiger partial charge on any atom is 0.328 e. The van der Waals surface area contributed by atoms with Crippen LogP contribution in [0.1, 0.15) is 10.4 Å². The van der Waals surface area contributed by atoms with Crippen molar-refractivity contribution in [1.82, 2.24) is 10.9 Å². The van der Waals surface area contributed by atoms with E-state index in [2.05, 4.69) is 10.9 Å². The fourth-order valence-corrected chi connectivity index (χ4v) is 1.29. The van der Waals surface area contributed by atoms with E-state index in [0.29, 0.717) is 11.6 Å². The van der Waals surface area contributed by atoms with Crippen molar-refractivity contribution in [1.29, 1.82) is 0 Å². The summed E-state index contributed by atoms with van der Waals surface area (Å²) in [6.07, 6.45) is 1.48. The van der Waals surface area contributed by atoms with Crippen molar-refractivity contribution in [2.45, 2.75) is 0 Å². The normalized spacial score (nSPS) is 10.1. The number of rotatable bonds is 4. The molecule has 0 heterocycles. The number of carbonyl (C=O) groups is 3. The van der Waals surface area contributed by atoms with E-state index < -0.39 is 17.8 Å². The van der Waals surface area contributed by atoms with Crippen LogP contribution in [-0.2, 0) is 9.59 Å². The molecule has 106 valence electrons. The zero-order valence-electron chi connectivity index (χ0n) is 11.1. The Morgan fingerprint density at radius 3 is 2.15 bits per heavy atom. The molecule has 1 aromatic rings. The second kappa shape index (κ2) is 6.93. The van der Waals surface area contributed by atoms with Gasteiger partial charge in [-0.15, -0.1) is 0 Å². The summed E-state index contributed by atoms with van der Waals surface area (Å²) in [6, 6.07) is 6.76. The summed E-state index contributed by atoms with van der Waals surface area (Å²) < 4.78 is 0. The van der Waals surface area contributed by atoms with Gasteiger partial charge in [0.25, 0.3) is 11.8 Å². The van der Waals surface area contributed by atoms with E-state index in [9.17, 15) is 14.4 Å². The van der Waals surface area contributed by atoms with Crippen LogP contribution in [0, 0.1) is 0 Å². The molecule has 0 unspecified atom stereocenters. The highest BCUT2D eigenvalue weighted by Gasteiger charge is 2.06. The summed E-state index contributed by atoms with van der Waals surface area (Å²) >= 11 is 0. The lowest BCUT2D eigenvalue weighted by Crippen LogP contribution is -2.40. The van der Waals surface area contributed by atoms with Crippen LogP contribution in [0.3, 0.4) is 0 Å². The van der Waals surface area contributed by atoms with E-state index in [1.54, 1.807) is 24.3 Å². The maximum atomic E-state index is 11.7. The molecule has 0 aliphatic heterocycles. The van der Waals surface area contributed by atoms with E-state index >= 15 is 0 Å². The number of aliphatic carboxylic acids is 1. The number of hydrogen-bond donors (Lipinski definition) is 3. The van der Waals surface area contributed by atoms with Crippen LogP contribution in [0.4, 0.5) is 5.69 Å². The molecule has 0 aromatic heterocycles. The fourth-order valence-electron chi connectivity index (χ4n) is 1.29. The smallest absolute Gasteiger partial charge is 0.328 e. The minimum atomic E-state index is -1.24. The van der Waals surface area contributed by atoms with Gasteiger partial charge in [0, 0.05) is 37.5 Å². The van der Waals surface area contributed by atoms with Crippen molar-refractivity contribution in [2.24, 2.45) is 0 Å². The lowest BCUT2D eigenvalue weighted by molar-refractivity contribution is -0.131. The Morgan fingerprint density at radius 1 is 1.05 bits per heavy atom. The lowest BCUT2D eigenvalue weighted by atomic mass is 10.2. The first-order valence-corrected chi connectivity index (χ1v) is 5.69. The predicted molar refractivity (Wildman–Crippen MR) is 73.2 cm³/mol. The van der Waals surface area contributed by atoms with Gasteiger partial charge in [0.1, 0.15) is 0 Å². The molecule has 7 heteroatoms. The number of hydrogen-bond acceptors (Lipinski definition) is 4. The van der Waals surface area contributed by atoms with Crippen molar-refractivity contribution in [3.8, 4) is 0 Å². The van der Waals surface area contributed by atoms with Crippen LogP contribution >= 0.6 is 0 Å². The number of anilines is 1. The Labute approximate surface area is 115 Å². The minimum absolute atomic E-state index is 0.373. The van der Waals surface area contributed by atoms with Crippen LogP contribution in [0.2, 0.25) is 0 Å². The molecule has 0 radical (unpaired) electrons. The molecular formula is C13H15N3O4. The van der Waals surface area contributed by atoms with E-state index in [1.807, 2.05) is 19.0 Å². The molecule has 0 saturated carbocycles. The summed E-state index contributed by atoms with van der Waals surface area (Å²) in [5, 5.41) is 8.33. The van der Waals surface area contributed by atoms with E-state index in [-0.39, 0.29) is 0 Å². The van der Waals surface area contributed by atoms with Gasteiger partial charge in [0.15, 0.2) is 0 Å². The van der Waals surface area contributed by atoms with Crippen molar-refractivity contribution < 1.29 is 19.5 Å². The van der Waals surface area contributed by atoms with Gasteiger partial charge in [-0.1, -0.05) is 0 Å². The van der Waals surface area contributed by atoms with E-state index in [1.165, 1.54) is 0 Å². The molecule has 20 heavy (non-hydrogen) atoms. The molecule has 0 fully saturated rings. The zero-order valence-corrected chi connectivity index (χ0v) is 11.1. The summed E-state index contributed by atoms with van der Waals surface area (Å²) in [6.45, 7) is 0. The number of hydrazine groups is 1. The van der Waals surface area contributed by atoms with Gasteiger partial charge in [-0.3, -0.25) is 20.4 Å². The fraction of sp³-hybridized carbons (Fsp3) is 0.154. The van der Waals surface area contributed by atoms with Crippen molar-refractivity contribution >= 4 is 23.5 Å². The summed E-state index contributed by atoms with van der Waals surface area (Å²) in [7, 11) is 3.76. The van der Waals surface area contributed by atoms with Crippen molar-refractivity contribution in [3.63, 3.8) is 0 Å². The quantitative estimate of drug-likeness (QED) is 0.537. The van der Waals surface area contributed by atoms with Crippen LogP contribution in [0.5, 0.6) is 0 Å². The SMILES string of the molecule is CN(C)c1ccc(C(=O)NNC(=O)C=CC(=O)O)cc1. The van der Waals surface area contributed by atoms with Gasteiger partial charge in [-0.05, 0) is 24.3 Å². The second-order valence-corrected chi connectivity index (χ2v) is 4.06. The highest BCUT2D eigenvalue weighted by atomic mass is 16.4. The van der Waals surface area contributed by atoms with Gasteiger partial charge in [-0.25, -0.2) is 4.79 Å². The Hall–Kier alpha value is -2.83. The van der Waals surface area contributed by atoms with Gasteiger partial charge >= 0.3 is 5.97 Å². The Kier molecular flexibility index (Phi) is 5.28. The molecule has 0 aliphatic carbocycles. The number of carbonyl (C=O) groups excluding carboxylic acids is 2. The third-order valence-electron chi connectivity index (χ3n) is 2.32. The van der Waals surface area contributed by atoms with E-state index in [0.717, 1.165) is 11.8 Å². The molecule has 1 rings (SSSR count). The first-order valence-electron chi connectivity index (χ1n) is 5.69. The minimum Gasteiger partial charge on any atom is -0.478 e. The van der Waals surface area contributed by atoms with Crippen LogP contribution < -0.4 is 15.8 Å². The highest BCUT2D eigenvalue weighted by Crippen LogP contribution is 2.11. The van der Waals surface area contributed by atoms with Crippen LogP contribution in [0.15, 0.2) is 36.4 Å². The van der Waals surface area contributed by atoms with Gasteiger partial charge in [0.05, 0.1) is 0 Å². The average Bonchev–Trinajstić information content (AvgIpc) is 2.42. The van der Waals surface area contributed by atoms with Gasteiger partial charge in [-0.2, -0.15) is 0 Å². The third-order valence-corrected chi connectivity index (χ3v) is 2.32. The topological polar surface area (TPSA) is 98.7 Å². The summed E-state index contributed by atoms with van der Waals surface area (Å²) in [4.78, 5) is 34.9. The molecule has 0 spiro atoms. The Balaban J connectivity index is 2.55. The molecule has 0 saturated heterocycles. The number of benzene rings is 1. The largest absolute Gasteiger partial charge is 0.478 e. The van der Waals surface area contributed by atoms with Gasteiger partial charge < -0.3 is 10.0 Å². The first kappa shape index (κ1) is 15.2. The van der Waals surface area contributed by atoms with Crippen molar-refractivity contribution in [2.75, 3.05) is 19.0 Å². The summed E-state index contributed by atoms with van der Waals surface area (Å²) in [5.41, 5.74) is 5.56. The number of carboxylic acids is 1. The predicted octanol–water partition coefficient (Wildman–Crippen LogP) is 0.154. The lowest BCUT2D eigenvalue weighted by Gasteiger charge is -2.12. The number of amides is 2.